The number of aryl methyl sites for hydroxylation is 2. The molecule has 19 heavy (non-hydrogen) atoms. The second-order valence-electron chi connectivity index (χ2n) is 5.55. The van der Waals surface area contributed by atoms with Crippen LogP contribution in [0, 0.1) is 13.8 Å². The van der Waals surface area contributed by atoms with Gasteiger partial charge in [0.25, 0.3) is 0 Å². The number of halogens is 1. The van der Waals surface area contributed by atoms with Gasteiger partial charge in [-0.25, -0.2) is 4.39 Å². The third kappa shape index (κ3) is 3.57. The van der Waals surface area contributed by atoms with E-state index >= 15 is 0 Å². The quantitative estimate of drug-likeness (QED) is 0.791. The van der Waals surface area contributed by atoms with Crippen molar-refractivity contribution in [1.82, 2.24) is 0 Å². The SMILES string of the molecule is Cc1ccc(Nc2cc(C)cc(C(C)(C)F)c2)cc1. The Morgan fingerprint density at radius 1 is 0.842 bits per heavy atom. The lowest BCUT2D eigenvalue weighted by molar-refractivity contribution is 0.221. The summed E-state index contributed by atoms with van der Waals surface area (Å²) in [5.41, 5.74) is 3.58. The molecule has 100 valence electrons. The van der Waals surface area contributed by atoms with Crippen molar-refractivity contribution in [2.75, 3.05) is 5.32 Å². The Labute approximate surface area is 114 Å². The topological polar surface area (TPSA) is 12.0 Å². The zero-order chi connectivity index (χ0) is 14.0. The standard InChI is InChI=1S/C17H20FN/c1-12-5-7-15(8-6-12)19-16-10-13(2)9-14(11-16)17(3,4)18/h5-11,19H,1-4H3. The molecule has 0 saturated heterocycles. The van der Waals surface area contributed by atoms with E-state index in [1.165, 1.54) is 5.56 Å². The summed E-state index contributed by atoms with van der Waals surface area (Å²) < 4.78 is 14.0. The number of alkyl halides is 1. The molecule has 0 bridgehead atoms. The van der Waals surface area contributed by atoms with Crippen molar-refractivity contribution in [3.05, 3.63) is 59.2 Å². The number of hydrogen-bond donors (Lipinski definition) is 1. The molecule has 1 nitrogen and oxygen atoms in total. The van der Waals surface area contributed by atoms with Gasteiger partial charge < -0.3 is 5.32 Å². The van der Waals surface area contributed by atoms with E-state index in [-0.39, 0.29) is 0 Å². The number of hydrogen-bond acceptors (Lipinski definition) is 1. The van der Waals surface area contributed by atoms with Gasteiger partial charge in [0, 0.05) is 11.4 Å². The predicted octanol–water partition coefficient (Wildman–Crippen LogP) is 5.25. The number of benzene rings is 2. The van der Waals surface area contributed by atoms with Gasteiger partial charge in [-0.15, -0.1) is 0 Å². The van der Waals surface area contributed by atoms with E-state index in [0.29, 0.717) is 5.56 Å². The fraction of sp³-hybridized carbons (Fsp3) is 0.294. The summed E-state index contributed by atoms with van der Waals surface area (Å²) in [7, 11) is 0. The molecule has 0 saturated carbocycles. The van der Waals surface area contributed by atoms with E-state index in [4.69, 9.17) is 0 Å². The largest absolute Gasteiger partial charge is 0.356 e. The average Bonchev–Trinajstić information content (AvgIpc) is 2.30. The van der Waals surface area contributed by atoms with Crippen LogP contribution in [0.3, 0.4) is 0 Å². The van der Waals surface area contributed by atoms with Gasteiger partial charge >= 0.3 is 0 Å². The molecule has 0 aliphatic carbocycles. The van der Waals surface area contributed by atoms with E-state index in [1.54, 1.807) is 13.8 Å². The van der Waals surface area contributed by atoms with Gasteiger partial charge in [0.15, 0.2) is 0 Å². The van der Waals surface area contributed by atoms with Crippen LogP contribution in [0.1, 0.15) is 30.5 Å². The van der Waals surface area contributed by atoms with Crippen LogP contribution in [-0.2, 0) is 5.67 Å². The Hall–Kier alpha value is -1.83. The van der Waals surface area contributed by atoms with E-state index < -0.39 is 5.67 Å². The molecule has 0 atom stereocenters. The minimum absolute atomic E-state index is 0.696. The lowest BCUT2D eigenvalue weighted by Gasteiger charge is -2.17. The molecule has 0 aliphatic heterocycles. The molecule has 1 N–H and O–H groups in total. The van der Waals surface area contributed by atoms with Crippen molar-refractivity contribution in [2.24, 2.45) is 0 Å². The smallest absolute Gasteiger partial charge is 0.130 e. The third-order valence-electron chi connectivity index (χ3n) is 3.10. The van der Waals surface area contributed by atoms with Gasteiger partial charge in [-0.2, -0.15) is 0 Å². The normalized spacial score (nSPS) is 11.4. The lowest BCUT2D eigenvalue weighted by atomic mass is 9.97. The highest BCUT2D eigenvalue weighted by Crippen LogP contribution is 2.29. The fourth-order valence-electron chi connectivity index (χ4n) is 2.00. The molecule has 0 unspecified atom stereocenters. The summed E-state index contributed by atoms with van der Waals surface area (Å²) in [5, 5.41) is 3.32. The minimum Gasteiger partial charge on any atom is -0.356 e. The highest BCUT2D eigenvalue weighted by Gasteiger charge is 2.19. The Bertz CT molecular complexity index is 565. The van der Waals surface area contributed by atoms with Gasteiger partial charge in [0.05, 0.1) is 0 Å². The van der Waals surface area contributed by atoms with E-state index in [2.05, 4.69) is 24.4 Å². The summed E-state index contributed by atoms with van der Waals surface area (Å²) >= 11 is 0. The van der Waals surface area contributed by atoms with Crippen LogP contribution in [0.15, 0.2) is 42.5 Å². The van der Waals surface area contributed by atoms with Crippen molar-refractivity contribution in [1.29, 1.82) is 0 Å². The van der Waals surface area contributed by atoms with Crippen LogP contribution in [0.4, 0.5) is 15.8 Å². The Morgan fingerprint density at radius 3 is 2.05 bits per heavy atom. The third-order valence-corrected chi connectivity index (χ3v) is 3.10. The molecular weight excluding hydrogens is 237 g/mol. The van der Waals surface area contributed by atoms with E-state index in [1.807, 2.05) is 37.3 Å². The van der Waals surface area contributed by atoms with Gasteiger partial charge in [-0.1, -0.05) is 23.8 Å². The number of nitrogens with one attached hydrogen (secondary N) is 1. The zero-order valence-electron chi connectivity index (χ0n) is 11.9. The summed E-state index contributed by atoms with van der Waals surface area (Å²) in [6.07, 6.45) is 0. The average molecular weight is 257 g/mol. The number of anilines is 2. The Balaban J connectivity index is 2.30. The van der Waals surface area contributed by atoms with Crippen LogP contribution >= 0.6 is 0 Å². The summed E-state index contributed by atoms with van der Waals surface area (Å²) in [6.45, 7) is 7.20. The van der Waals surface area contributed by atoms with Crippen molar-refractivity contribution in [3.8, 4) is 0 Å². The second kappa shape index (κ2) is 5.04. The molecule has 0 aromatic heterocycles. The molecule has 0 amide bonds. The molecule has 0 spiro atoms. The molecule has 2 aromatic rings. The second-order valence-corrected chi connectivity index (χ2v) is 5.55. The molecule has 0 heterocycles. The first-order valence-electron chi connectivity index (χ1n) is 6.49. The summed E-state index contributed by atoms with van der Waals surface area (Å²) in [5.74, 6) is 0. The molecule has 0 radical (unpaired) electrons. The number of rotatable bonds is 3. The van der Waals surface area contributed by atoms with Gasteiger partial charge in [0.2, 0.25) is 0 Å². The first-order chi connectivity index (χ1) is 8.84. The maximum Gasteiger partial charge on any atom is 0.130 e. The van der Waals surface area contributed by atoms with Gasteiger partial charge in [-0.3, -0.25) is 0 Å². The highest BCUT2D eigenvalue weighted by molar-refractivity contribution is 5.61. The van der Waals surface area contributed by atoms with Crippen molar-refractivity contribution < 1.29 is 4.39 Å². The molecule has 0 fully saturated rings. The van der Waals surface area contributed by atoms with Crippen LogP contribution < -0.4 is 5.32 Å². The Morgan fingerprint density at radius 2 is 1.47 bits per heavy atom. The van der Waals surface area contributed by atoms with E-state index in [9.17, 15) is 4.39 Å². The predicted molar refractivity (Wildman–Crippen MR) is 79.8 cm³/mol. The zero-order valence-corrected chi connectivity index (χ0v) is 11.9. The molecule has 2 aromatic carbocycles. The lowest BCUT2D eigenvalue weighted by Crippen LogP contribution is -2.09. The molecule has 2 rings (SSSR count). The van der Waals surface area contributed by atoms with E-state index in [0.717, 1.165) is 16.9 Å². The Kier molecular flexibility index (Phi) is 3.61. The van der Waals surface area contributed by atoms with Crippen molar-refractivity contribution in [3.63, 3.8) is 0 Å². The first-order valence-corrected chi connectivity index (χ1v) is 6.49. The van der Waals surface area contributed by atoms with Gasteiger partial charge in [-0.05, 0) is 63.1 Å². The van der Waals surface area contributed by atoms with Gasteiger partial charge in [0.1, 0.15) is 5.67 Å². The van der Waals surface area contributed by atoms with Crippen LogP contribution in [-0.4, -0.2) is 0 Å². The van der Waals surface area contributed by atoms with Crippen LogP contribution in [0.2, 0.25) is 0 Å². The monoisotopic (exact) mass is 257 g/mol. The maximum absolute atomic E-state index is 14.0. The van der Waals surface area contributed by atoms with Crippen molar-refractivity contribution >= 4 is 11.4 Å². The minimum atomic E-state index is -1.32. The first kappa shape index (κ1) is 13.6. The highest BCUT2D eigenvalue weighted by atomic mass is 19.1. The summed E-state index contributed by atoms with van der Waals surface area (Å²) in [6, 6.07) is 13.9. The molecule has 2 heteroatoms. The molecule has 0 aliphatic rings. The summed E-state index contributed by atoms with van der Waals surface area (Å²) in [4.78, 5) is 0. The van der Waals surface area contributed by atoms with Crippen LogP contribution in [0.25, 0.3) is 0 Å². The molecular formula is C17H20FN. The van der Waals surface area contributed by atoms with Crippen LogP contribution in [0.5, 0.6) is 0 Å². The fourth-order valence-corrected chi connectivity index (χ4v) is 2.00. The maximum atomic E-state index is 14.0. The van der Waals surface area contributed by atoms with Crippen molar-refractivity contribution in [2.45, 2.75) is 33.4 Å².